The van der Waals surface area contributed by atoms with E-state index in [9.17, 15) is 9.59 Å². The summed E-state index contributed by atoms with van der Waals surface area (Å²) in [6.45, 7) is 10.2. The first-order valence-corrected chi connectivity index (χ1v) is 12.3. The maximum atomic E-state index is 13.4. The Kier molecular flexibility index (Phi) is 5.36. The molecule has 0 radical (unpaired) electrons. The number of carbonyl (C=O) groups excluding carboxylic acids is 2. The molecule has 1 aromatic carbocycles. The molecule has 2 amide bonds. The van der Waals surface area contributed by atoms with E-state index >= 15 is 0 Å². The van der Waals surface area contributed by atoms with Crippen molar-refractivity contribution < 1.29 is 14.3 Å². The molecular formula is C28H35N3O3. The number of aromatic nitrogens is 1. The summed E-state index contributed by atoms with van der Waals surface area (Å²) in [7, 11) is 1.73. The van der Waals surface area contributed by atoms with Crippen LogP contribution >= 0.6 is 0 Å². The highest BCUT2D eigenvalue weighted by molar-refractivity contribution is 5.94. The molecule has 180 valence electrons. The minimum atomic E-state index is -0.245. The van der Waals surface area contributed by atoms with E-state index in [1.54, 1.807) is 31.6 Å². The summed E-state index contributed by atoms with van der Waals surface area (Å²) in [6.07, 6.45) is 4.71. The van der Waals surface area contributed by atoms with Crippen molar-refractivity contribution >= 4 is 11.8 Å². The Morgan fingerprint density at radius 2 is 1.62 bits per heavy atom. The molecule has 6 nitrogen and oxygen atoms in total. The van der Waals surface area contributed by atoms with Gasteiger partial charge in [-0.15, -0.1) is 0 Å². The lowest BCUT2D eigenvalue weighted by atomic mass is 9.71. The van der Waals surface area contributed by atoms with Gasteiger partial charge in [0.25, 0.3) is 5.91 Å². The molecule has 34 heavy (non-hydrogen) atoms. The summed E-state index contributed by atoms with van der Waals surface area (Å²) < 4.78 is 6.13. The lowest BCUT2D eigenvalue weighted by molar-refractivity contribution is -0.136. The molecule has 0 bridgehead atoms. The van der Waals surface area contributed by atoms with Crippen LogP contribution in [0, 0.1) is 16.7 Å². The second-order valence-corrected chi connectivity index (χ2v) is 11.3. The van der Waals surface area contributed by atoms with Crippen LogP contribution in [0.1, 0.15) is 68.1 Å². The summed E-state index contributed by atoms with van der Waals surface area (Å²) in [4.78, 5) is 32.5. The molecule has 1 spiro atoms. The quantitative estimate of drug-likeness (QED) is 0.743. The summed E-state index contributed by atoms with van der Waals surface area (Å²) in [6, 6.07) is 11.5. The molecule has 1 aromatic heterocycles. The predicted molar refractivity (Wildman–Crippen MR) is 130 cm³/mol. The molecule has 2 aliphatic carbocycles. The summed E-state index contributed by atoms with van der Waals surface area (Å²) in [5.41, 5.74) is 2.78. The highest BCUT2D eigenvalue weighted by Crippen LogP contribution is 2.69. The summed E-state index contributed by atoms with van der Waals surface area (Å²) >= 11 is 0. The van der Waals surface area contributed by atoms with Gasteiger partial charge in [-0.05, 0) is 46.9 Å². The zero-order valence-corrected chi connectivity index (χ0v) is 20.8. The molecule has 6 heteroatoms. The van der Waals surface area contributed by atoms with E-state index in [1.165, 1.54) is 5.56 Å². The van der Waals surface area contributed by atoms with Crippen molar-refractivity contribution in [1.82, 2.24) is 15.2 Å². The number of hydrogen-bond acceptors (Lipinski definition) is 4. The molecule has 0 unspecified atom stereocenters. The number of benzene rings is 1. The van der Waals surface area contributed by atoms with Crippen molar-refractivity contribution in [3.8, 4) is 0 Å². The van der Waals surface area contributed by atoms with E-state index in [-0.39, 0.29) is 46.1 Å². The normalized spacial score (nSPS) is 26.2. The molecule has 2 atom stereocenters. The van der Waals surface area contributed by atoms with Gasteiger partial charge in [-0.2, -0.15) is 0 Å². The van der Waals surface area contributed by atoms with Gasteiger partial charge in [-0.25, -0.2) is 0 Å². The maximum absolute atomic E-state index is 13.4. The van der Waals surface area contributed by atoms with Gasteiger partial charge in [0, 0.05) is 49.5 Å². The number of methoxy groups -OCH3 is 1. The Morgan fingerprint density at radius 1 is 1.00 bits per heavy atom. The zero-order valence-electron chi connectivity index (χ0n) is 20.8. The summed E-state index contributed by atoms with van der Waals surface area (Å²) in [5, 5.41) is 3.24. The van der Waals surface area contributed by atoms with E-state index in [1.807, 2.05) is 6.07 Å². The van der Waals surface area contributed by atoms with Crippen LogP contribution in [0.25, 0.3) is 0 Å². The Labute approximate surface area is 202 Å². The Morgan fingerprint density at radius 3 is 2.21 bits per heavy atom. The van der Waals surface area contributed by atoms with E-state index in [4.69, 9.17) is 4.74 Å². The molecule has 2 fully saturated rings. The van der Waals surface area contributed by atoms with Gasteiger partial charge in [-0.3, -0.25) is 14.6 Å². The van der Waals surface area contributed by atoms with Crippen molar-refractivity contribution in [3.05, 3.63) is 65.5 Å². The third kappa shape index (κ3) is 3.22. The van der Waals surface area contributed by atoms with Crippen LogP contribution < -0.4 is 5.32 Å². The van der Waals surface area contributed by atoms with Crippen LogP contribution in [0.2, 0.25) is 0 Å². The van der Waals surface area contributed by atoms with Crippen LogP contribution in [-0.2, 0) is 14.9 Å². The Balaban J connectivity index is 1.39. The first-order chi connectivity index (χ1) is 16.1. The molecule has 1 aliphatic heterocycles. The first kappa shape index (κ1) is 23.0. The number of amides is 2. The van der Waals surface area contributed by atoms with E-state index in [2.05, 4.69) is 61.1 Å². The fraction of sp³-hybridized carbons (Fsp3) is 0.536. The number of ether oxygens (including phenoxy) is 1. The molecule has 2 aromatic rings. The second-order valence-electron chi connectivity index (χ2n) is 11.3. The Bertz CT molecular complexity index is 1090. The third-order valence-electron chi connectivity index (χ3n) is 9.40. The van der Waals surface area contributed by atoms with Crippen molar-refractivity contribution in [1.29, 1.82) is 0 Å². The minimum absolute atomic E-state index is 0.0383. The number of nitrogens with one attached hydrogen (secondary N) is 1. The predicted octanol–water partition coefficient (Wildman–Crippen LogP) is 4.12. The molecular weight excluding hydrogens is 426 g/mol. The number of fused-ring (bicyclic) bond motifs is 2. The fourth-order valence-electron chi connectivity index (χ4n) is 6.78. The first-order valence-electron chi connectivity index (χ1n) is 12.3. The largest absolute Gasteiger partial charge is 0.378 e. The van der Waals surface area contributed by atoms with E-state index in [0.29, 0.717) is 18.7 Å². The van der Waals surface area contributed by atoms with Gasteiger partial charge in [0.05, 0.1) is 12.1 Å². The average Bonchev–Trinajstić information content (AvgIpc) is 3.12. The molecule has 5 rings (SSSR count). The van der Waals surface area contributed by atoms with Gasteiger partial charge < -0.3 is 15.0 Å². The molecule has 2 heterocycles. The monoisotopic (exact) mass is 461 g/mol. The third-order valence-corrected chi connectivity index (χ3v) is 9.40. The molecule has 1 saturated carbocycles. The number of rotatable bonds is 4. The van der Waals surface area contributed by atoms with Crippen LogP contribution in [0.3, 0.4) is 0 Å². The van der Waals surface area contributed by atoms with Gasteiger partial charge in [-0.1, -0.05) is 52.0 Å². The number of pyridine rings is 1. The highest BCUT2D eigenvalue weighted by Gasteiger charge is 2.69. The van der Waals surface area contributed by atoms with Gasteiger partial charge in [0.1, 0.15) is 0 Å². The van der Waals surface area contributed by atoms with Crippen LogP contribution in [0.5, 0.6) is 0 Å². The van der Waals surface area contributed by atoms with Gasteiger partial charge >= 0.3 is 0 Å². The van der Waals surface area contributed by atoms with Gasteiger partial charge in [0.2, 0.25) is 5.91 Å². The topological polar surface area (TPSA) is 71.5 Å². The lowest BCUT2D eigenvalue weighted by Crippen LogP contribution is -2.52. The Hall–Kier alpha value is -2.73. The smallest absolute Gasteiger partial charge is 0.251 e. The SMILES string of the molecule is CO[C@H]1[C@H](NC(=O)c2ccncc2)c2ccccc2C12CCN(C(=O)C1C(C)(C)C1(C)C)CC2. The highest BCUT2D eigenvalue weighted by atomic mass is 16.5. The fourth-order valence-corrected chi connectivity index (χ4v) is 6.78. The number of piperidine rings is 1. The number of likely N-dealkylation sites (tertiary alicyclic amines) is 1. The van der Waals surface area contributed by atoms with E-state index in [0.717, 1.165) is 18.4 Å². The standard InChI is InChI=1S/C28H35N3O3/c1-26(2)22(27(26,3)4)25(33)31-16-12-28(13-17-31)20-9-7-6-8-19(20)21(23(28)34-5)30-24(32)18-10-14-29-15-11-18/h6-11,14-15,21-23H,12-13,16-17H2,1-5H3,(H,30,32)/t21-,23+/m1/s1. The van der Waals surface area contributed by atoms with Crippen LogP contribution in [-0.4, -0.2) is 48.0 Å². The van der Waals surface area contributed by atoms with Crippen molar-refractivity contribution in [2.75, 3.05) is 20.2 Å². The molecule has 1 saturated heterocycles. The molecule has 3 aliphatic rings. The van der Waals surface area contributed by atoms with Crippen LogP contribution in [0.4, 0.5) is 0 Å². The van der Waals surface area contributed by atoms with E-state index < -0.39 is 0 Å². The molecule has 1 N–H and O–H groups in total. The second kappa shape index (κ2) is 7.91. The van der Waals surface area contributed by atoms with Crippen molar-refractivity contribution in [3.63, 3.8) is 0 Å². The van der Waals surface area contributed by atoms with Gasteiger partial charge in [0.15, 0.2) is 0 Å². The minimum Gasteiger partial charge on any atom is -0.378 e. The lowest BCUT2D eigenvalue weighted by Gasteiger charge is -2.44. The van der Waals surface area contributed by atoms with Crippen molar-refractivity contribution in [2.24, 2.45) is 16.7 Å². The zero-order chi connectivity index (χ0) is 24.3. The number of nitrogens with zero attached hydrogens (tertiary/aromatic N) is 2. The number of carbonyl (C=O) groups is 2. The van der Waals surface area contributed by atoms with Crippen molar-refractivity contribution in [2.45, 2.75) is 58.1 Å². The maximum Gasteiger partial charge on any atom is 0.251 e. The van der Waals surface area contributed by atoms with Crippen LogP contribution in [0.15, 0.2) is 48.8 Å². The summed E-state index contributed by atoms with van der Waals surface area (Å²) in [5.74, 6) is 0.232. The average molecular weight is 462 g/mol. The number of hydrogen-bond donors (Lipinski definition) is 1.